The van der Waals surface area contributed by atoms with Crippen LogP contribution in [0.3, 0.4) is 0 Å². The Bertz CT molecular complexity index is 841. The molecule has 0 bridgehead atoms. The van der Waals surface area contributed by atoms with Crippen molar-refractivity contribution in [2.45, 2.75) is 36.2 Å². The summed E-state index contributed by atoms with van der Waals surface area (Å²) in [4.78, 5) is 10.4. The van der Waals surface area contributed by atoms with Gasteiger partial charge in [0.05, 0.1) is 24.1 Å². The third-order valence-electron chi connectivity index (χ3n) is 3.72. The topological polar surface area (TPSA) is 69.1 Å². The molecule has 0 fully saturated rings. The van der Waals surface area contributed by atoms with Crippen LogP contribution >= 0.6 is 11.8 Å². The molecule has 0 atom stereocenters. The van der Waals surface area contributed by atoms with Crippen LogP contribution in [0.4, 0.5) is 0 Å². The fourth-order valence-electron chi connectivity index (χ4n) is 2.53. The van der Waals surface area contributed by atoms with Crippen LogP contribution in [0.5, 0.6) is 0 Å². The highest BCUT2D eigenvalue weighted by Crippen LogP contribution is 2.34. The summed E-state index contributed by atoms with van der Waals surface area (Å²) in [6, 6.07) is 16.2. The van der Waals surface area contributed by atoms with Crippen LogP contribution in [-0.2, 0) is 6.54 Å². The third kappa shape index (κ3) is 4.09. The van der Waals surface area contributed by atoms with Crippen molar-refractivity contribution in [3.8, 4) is 0 Å². The van der Waals surface area contributed by atoms with Crippen molar-refractivity contribution < 1.29 is 0 Å². The number of benzene rings is 1. The molecule has 3 aromatic rings. The van der Waals surface area contributed by atoms with Crippen molar-refractivity contribution in [1.82, 2.24) is 14.5 Å². The lowest BCUT2D eigenvalue weighted by Gasteiger charge is -2.12. The fraction of sp³-hybridized carbons (Fsp3) is 0.211. The number of hydrogen-bond acceptors (Lipinski definition) is 5. The SMILES string of the molecule is CC(C)c1nc(C=NN)n(Cc2ccccn2)c1Sc1ccccc1. The number of hydrazone groups is 1. The molecule has 2 heterocycles. The van der Waals surface area contributed by atoms with Crippen molar-refractivity contribution in [3.63, 3.8) is 0 Å². The molecule has 5 nitrogen and oxygen atoms in total. The summed E-state index contributed by atoms with van der Waals surface area (Å²) in [6.07, 6.45) is 3.40. The number of aromatic nitrogens is 3. The van der Waals surface area contributed by atoms with Crippen LogP contribution in [-0.4, -0.2) is 20.7 Å². The average molecular weight is 351 g/mol. The van der Waals surface area contributed by atoms with Crippen LogP contribution in [0, 0.1) is 0 Å². The molecule has 1 aromatic carbocycles. The van der Waals surface area contributed by atoms with E-state index in [0.29, 0.717) is 12.5 Å². The summed E-state index contributed by atoms with van der Waals surface area (Å²) in [7, 11) is 0. The summed E-state index contributed by atoms with van der Waals surface area (Å²) in [5.74, 6) is 6.44. The van der Waals surface area contributed by atoms with E-state index in [1.54, 1.807) is 24.2 Å². The highest BCUT2D eigenvalue weighted by Gasteiger charge is 2.20. The van der Waals surface area contributed by atoms with Gasteiger partial charge in [-0.05, 0) is 30.2 Å². The molecular formula is C19H21N5S. The molecule has 3 rings (SSSR count). The Balaban J connectivity index is 2.08. The predicted molar refractivity (Wildman–Crippen MR) is 102 cm³/mol. The third-order valence-corrected chi connectivity index (χ3v) is 4.85. The summed E-state index contributed by atoms with van der Waals surface area (Å²) < 4.78 is 2.13. The van der Waals surface area contributed by atoms with Gasteiger partial charge in [-0.25, -0.2) is 4.98 Å². The quantitative estimate of drug-likeness (QED) is 0.415. The van der Waals surface area contributed by atoms with E-state index in [1.807, 2.05) is 36.4 Å². The Kier molecular flexibility index (Phi) is 5.50. The molecule has 0 saturated carbocycles. The molecule has 2 aromatic heterocycles. The lowest BCUT2D eigenvalue weighted by atomic mass is 10.1. The molecule has 0 radical (unpaired) electrons. The summed E-state index contributed by atoms with van der Waals surface area (Å²) in [5.41, 5.74) is 2.01. The number of nitrogens with two attached hydrogens (primary N) is 1. The first-order chi connectivity index (χ1) is 12.2. The molecule has 2 N–H and O–H groups in total. The number of rotatable bonds is 6. The van der Waals surface area contributed by atoms with Gasteiger partial charge in [-0.2, -0.15) is 5.10 Å². The molecule has 128 valence electrons. The van der Waals surface area contributed by atoms with E-state index >= 15 is 0 Å². The largest absolute Gasteiger partial charge is 0.323 e. The van der Waals surface area contributed by atoms with Gasteiger partial charge in [0.15, 0.2) is 5.82 Å². The molecule has 25 heavy (non-hydrogen) atoms. The standard InChI is InChI=1S/C19H21N5S/c1-14(2)18-19(25-16-9-4-3-5-10-16)24(17(23-18)12-22-20)13-15-8-6-7-11-21-15/h3-12,14H,13,20H2,1-2H3. The summed E-state index contributed by atoms with van der Waals surface area (Å²) >= 11 is 1.71. The maximum absolute atomic E-state index is 5.40. The monoisotopic (exact) mass is 351 g/mol. The zero-order chi connectivity index (χ0) is 17.6. The highest BCUT2D eigenvalue weighted by atomic mass is 32.2. The minimum absolute atomic E-state index is 0.293. The molecule has 0 amide bonds. The first kappa shape index (κ1) is 17.2. The zero-order valence-electron chi connectivity index (χ0n) is 14.3. The van der Waals surface area contributed by atoms with Crippen molar-refractivity contribution >= 4 is 18.0 Å². The first-order valence-electron chi connectivity index (χ1n) is 8.15. The van der Waals surface area contributed by atoms with Crippen LogP contribution in [0.1, 0.15) is 37.0 Å². The second-order valence-corrected chi connectivity index (χ2v) is 6.98. The Morgan fingerprint density at radius 1 is 1.16 bits per heavy atom. The Labute approximate surface area is 152 Å². The number of imidazole rings is 1. The number of pyridine rings is 1. The van der Waals surface area contributed by atoms with Crippen molar-refractivity contribution in [2.24, 2.45) is 10.9 Å². The van der Waals surface area contributed by atoms with E-state index in [1.165, 1.54) is 4.90 Å². The average Bonchev–Trinajstić information content (AvgIpc) is 2.95. The summed E-state index contributed by atoms with van der Waals surface area (Å²) in [6.45, 7) is 4.91. The van der Waals surface area contributed by atoms with E-state index in [-0.39, 0.29) is 0 Å². The molecule has 0 saturated heterocycles. The lowest BCUT2D eigenvalue weighted by Crippen LogP contribution is -2.08. The highest BCUT2D eigenvalue weighted by molar-refractivity contribution is 7.99. The van der Waals surface area contributed by atoms with E-state index < -0.39 is 0 Å². The minimum atomic E-state index is 0.293. The van der Waals surface area contributed by atoms with Gasteiger partial charge in [-0.15, -0.1) is 0 Å². The van der Waals surface area contributed by atoms with E-state index in [9.17, 15) is 0 Å². The number of nitrogens with zero attached hydrogens (tertiary/aromatic N) is 4. The molecule has 0 aliphatic rings. The van der Waals surface area contributed by atoms with Gasteiger partial charge in [0.25, 0.3) is 0 Å². The van der Waals surface area contributed by atoms with Crippen LogP contribution in [0.15, 0.2) is 69.8 Å². The van der Waals surface area contributed by atoms with Crippen LogP contribution < -0.4 is 5.84 Å². The molecule has 0 spiro atoms. The minimum Gasteiger partial charge on any atom is -0.323 e. The predicted octanol–water partition coefficient (Wildman–Crippen LogP) is 3.89. The zero-order valence-corrected chi connectivity index (χ0v) is 15.1. The van der Waals surface area contributed by atoms with Crippen molar-refractivity contribution in [3.05, 3.63) is 71.9 Å². The lowest BCUT2D eigenvalue weighted by molar-refractivity contribution is 0.691. The maximum atomic E-state index is 5.40. The van der Waals surface area contributed by atoms with Crippen molar-refractivity contribution in [1.29, 1.82) is 0 Å². The second-order valence-electron chi connectivity index (χ2n) is 5.92. The van der Waals surface area contributed by atoms with Gasteiger partial charge < -0.3 is 10.4 Å². The second kappa shape index (κ2) is 7.98. The van der Waals surface area contributed by atoms with Gasteiger partial charge in [0.1, 0.15) is 5.03 Å². The van der Waals surface area contributed by atoms with Gasteiger partial charge in [-0.3, -0.25) is 4.98 Å². The number of hydrogen-bond donors (Lipinski definition) is 1. The van der Waals surface area contributed by atoms with Crippen LogP contribution in [0.25, 0.3) is 0 Å². The Morgan fingerprint density at radius 3 is 2.56 bits per heavy atom. The van der Waals surface area contributed by atoms with Crippen LogP contribution in [0.2, 0.25) is 0 Å². The van der Waals surface area contributed by atoms with Gasteiger partial charge in [-0.1, -0.05) is 49.9 Å². The first-order valence-corrected chi connectivity index (χ1v) is 8.97. The van der Waals surface area contributed by atoms with E-state index in [0.717, 1.165) is 22.2 Å². The molecular weight excluding hydrogens is 330 g/mol. The normalized spacial score (nSPS) is 11.5. The maximum Gasteiger partial charge on any atom is 0.154 e. The Hall–Kier alpha value is -2.60. The Morgan fingerprint density at radius 2 is 1.92 bits per heavy atom. The molecule has 0 unspecified atom stereocenters. The van der Waals surface area contributed by atoms with Crippen molar-refractivity contribution in [2.75, 3.05) is 0 Å². The smallest absolute Gasteiger partial charge is 0.154 e. The van der Waals surface area contributed by atoms with Gasteiger partial charge in [0.2, 0.25) is 0 Å². The molecule has 0 aliphatic heterocycles. The molecule has 6 heteroatoms. The van der Waals surface area contributed by atoms with Gasteiger partial charge in [0, 0.05) is 11.1 Å². The molecule has 0 aliphatic carbocycles. The summed E-state index contributed by atoms with van der Waals surface area (Å²) in [5, 5.41) is 4.79. The fourth-order valence-corrected chi connectivity index (χ4v) is 3.70. The van der Waals surface area contributed by atoms with Gasteiger partial charge >= 0.3 is 0 Å². The van der Waals surface area contributed by atoms with E-state index in [2.05, 4.69) is 40.6 Å². The van der Waals surface area contributed by atoms with E-state index in [4.69, 9.17) is 10.8 Å².